The summed E-state index contributed by atoms with van der Waals surface area (Å²) in [5.74, 6) is -1.00. The lowest BCUT2D eigenvalue weighted by Crippen LogP contribution is -2.54. The average molecular weight is 497 g/mol. The molecule has 0 radical (unpaired) electrons. The monoisotopic (exact) mass is 496 g/mol. The van der Waals surface area contributed by atoms with Crippen molar-refractivity contribution in [1.82, 2.24) is 5.32 Å². The molecule has 1 saturated heterocycles. The second-order valence-corrected chi connectivity index (χ2v) is 8.78. The van der Waals surface area contributed by atoms with Crippen molar-refractivity contribution in [2.75, 3.05) is 4.90 Å². The number of anilines is 1. The van der Waals surface area contributed by atoms with E-state index in [1.54, 1.807) is 36.4 Å². The van der Waals surface area contributed by atoms with Gasteiger partial charge >= 0.3 is 6.03 Å². The van der Waals surface area contributed by atoms with Gasteiger partial charge in [-0.1, -0.05) is 77.8 Å². The third-order valence-electron chi connectivity index (χ3n) is 5.95. The van der Waals surface area contributed by atoms with Gasteiger partial charge in [0.2, 0.25) is 0 Å². The van der Waals surface area contributed by atoms with Crippen LogP contribution in [-0.2, 0) is 16.2 Å². The van der Waals surface area contributed by atoms with Crippen LogP contribution in [0.5, 0.6) is 5.75 Å². The van der Waals surface area contributed by atoms with E-state index in [0.717, 1.165) is 26.8 Å². The summed E-state index contributed by atoms with van der Waals surface area (Å²) in [6, 6.07) is 24.8. The summed E-state index contributed by atoms with van der Waals surface area (Å²) in [5, 5.41) is 4.55. The minimum atomic E-state index is -0.792. The number of ether oxygens (including phenoxy) is 1. The number of carbonyl (C=O) groups excluding carboxylic acids is 3. The summed E-state index contributed by atoms with van der Waals surface area (Å²) in [6.07, 6.45) is 1.48. The highest BCUT2D eigenvalue weighted by Gasteiger charge is 2.37. The lowest BCUT2D eigenvalue weighted by molar-refractivity contribution is -0.122. The molecule has 1 N–H and O–H groups in total. The zero-order chi connectivity index (χ0) is 25.2. The van der Waals surface area contributed by atoms with E-state index in [1.807, 2.05) is 55.5 Å². The molecule has 6 nitrogen and oxygen atoms in total. The van der Waals surface area contributed by atoms with Gasteiger partial charge in [-0.25, -0.2) is 9.69 Å². The Labute approximate surface area is 212 Å². The van der Waals surface area contributed by atoms with E-state index in [9.17, 15) is 14.4 Å². The molecular weight excluding hydrogens is 476 g/mol. The number of hydrogen-bond acceptors (Lipinski definition) is 4. The molecule has 36 heavy (non-hydrogen) atoms. The Hall–Kier alpha value is -4.42. The largest absolute Gasteiger partial charge is 0.488 e. The number of barbiturate groups is 1. The maximum atomic E-state index is 13.4. The van der Waals surface area contributed by atoms with Crippen LogP contribution in [0.2, 0.25) is 5.02 Å². The van der Waals surface area contributed by atoms with Crippen molar-refractivity contribution in [1.29, 1.82) is 0 Å². The number of imide groups is 2. The Morgan fingerprint density at radius 1 is 0.889 bits per heavy atom. The van der Waals surface area contributed by atoms with Crippen molar-refractivity contribution in [3.63, 3.8) is 0 Å². The Balaban J connectivity index is 1.59. The fourth-order valence-electron chi connectivity index (χ4n) is 4.05. The number of hydrogen-bond donors (Lipinski definition) is 1. The third-order valence-corrected chi connectivity index (χ3v) is 6.32. The first-order chi connectivity index (χ1) is 17.4. The van der Waals surface area contributed by atoms with Crippen LogP contribution in [-0.4, -0.2) is 17.8 Å². The van der Waals surface area contributed by atoms with Gasteiger partial charge in [0, 0.05) is 16.1 Å². The van der Waals surface area contributed by atoms with E-state index >= 15 is 0 Å². The molecular formula is C29H21ClN2O4. The highest BCUT2D eigenvalue weighted by atomic mass is 35.5. The first-order valence-corrected chi connectivity index (χ1v) is 11.7. The van der Waals surface area contributed by atoms with Crippen molar-refractivity contribution in [2.45, 2.75) is 13.5 Å². The molecule has 0 saturated carbocycles. The summed E-state index contributed by atoms with van der Waals surface area (Å²) in [5.41, 5.74) is 2.53. The Kier molecular flexibility index (Phi) is 6.27. The van der Waals surface area contributed by atoms with Crippen molar-refractivity contribution < 1.29 is 19.1 Å². The Bertz CT molecular complexity index is 1540. The van der Waals surface area contributed by atoms with E-state index in [0.29, 0.717) is 22.0 Å². The topological polar surface area (TPSA) is 75.7 Å². The number of fused-ring (bicyclic) bond motifs is 1. The SMILES string of the molecule is Cc1ccc(N2C(=O)NC(=O)/C(=C\c3c(OCc4ccccc4Cl)ccc4ccccc34)C2=O)cc1. The Morgan fingerprint density at radius 3 is 2.39 bits per heavy atom. The van der Waals surface area contributed by atoms with Gasteiger partial charge in [-0.2, -0.15) is 0 Å². The zero-order valence-electron chi connectivity index (χ0n) is 19.3. The van der Waals surface area contributed by atoms with E-state index in [2.05, 4.69) is 5.32 Å². The standard InChI is InChI=1S/C29H21ClN2O4/c1-18-10-13-21(14-11-18)32-28(34)24(27(33)31-29(32)35)16-23-22-8-4-2-6-19(22)12-15-26(23)36-17-20-7-3-5-9-25(20)30/h2-16H,17H2,1H3,(H,31,33,35)/b24-16+. The fourth-order valence-corrected chi connectivity index (χ4v) is 4.24. The molecule has 1 aliphatic rings. The van der Waals surface area contributed by atoms with Gasteiger partial charge in [0.1, 0.15) is 17.9 Å². The maximum Gasteiger partial charge on any atom is 0.335 e. The lowest BCUT2D eigenvalue weighted by Gasteiger charge is -2.26. The van der Waals surface area contributed by atoms with Crippen LogP contribution in [0, 0.1) is 6.92 Å². The van der Waals surface area contributed by atoms with Crippen LogP contribution >= 0.6 is 11.6 Å². The van der Waals surface area contributed by atoms with Gasteiger partial charge in [0.05, 0.1) is 5.69 Å². The molecule has 5 rings (SSSR count). The summed E-state index contributed by atoms with van der Waals surface area (Å²) >= 11 is 6.29. The number of rotatable bonds is 5. The lowest BCUT2D eigenvalue weighted by atomic mass is 9.99. The summed E-state index contributed by atoms with van der Waals surface area (Å²) in [4.78, 5) is 39.8. The molecule has 7 heteroatoms. The number of halogens is 1. The van der Waals surface area contributed by atoms with Gasteiger partial charge in [-0.15, -0.1) is 0 Å². The molecule has 4 aromatic carbocycles. The molecule has 0 aromatic heterocycles. The second kappa shape index (κ2) is 9.68. The molecule has 0 atom stereocenters. The van der Waals surface area contributed by atoms with Gasteiger partial charge in [-0.3, -0.25) is 14.9 Å². The van der Waals surface area contributed by atoms with Crippen LogP contribution in [0.4, 0.5) is 10.5 Å². The summed E-state index contributed by atoms with van der Waals surface area (Å²) in [6.45, 7) is 2.10. The molecule has 0 bridgehead atoms. The van der Waals surface area contributed by atoms with Gasteiger partial charge in [0.25, 0.3) is 11.8 Å². The number of carbonyl (C=O) groups is 3. The van der Waals surface area contributed by atoms with Crippen molar-refractivity contribution in [2.24, 2.45) is 0 Å². The smallest absolute Gasteiger partial charge is 0.335 e. The predicted molar refractivity (Wildman–Crippen MR) is 140 cm³/mol. The summed E-state index contributed by atoms with van der Waals surface area (Å²) < 4.78 is 6.12. The van der Waals surface area contributed by atoms with E-state index in [4.69, 9.17) is 16.3 Å². The van der Waals surface area contributed by atoms with Crippen LogP contribution in [0.1, 0.15) is 16.7 Å². The quantitative estimate of drug-likeness (QED) is 0.270. The molecule has 0 aliphatic carbocycles. The highest BCUT2D eigenvalue weighted by Crippen LogP contribution is 2.33. The van der Waals surface area contributed by atoms with Crippen LogP contribution in [0.15, 0.2) is 90.5 Å². The number of nitrogens with zero attached hydrogens (tertiary/aromatic N) is 1. The van der Waals surface area contributed by atoms with Crippen molar-refractivity contribution >= 4 is 52.0 Å². The minimum Gasteiger partial charge on any atom is -0.488 e. The number of nitrogens with one attached hydrogen (secondary N) is 1. The first kappa shape index (κ1) is 23.3. The molecule has 1 fully saturated rings. The number of benzene rings is 4. The number of aryl methyl sites for hydroxylation is 1. The van der Waals surface area contributed by atoms with E-state index < -0.39 is 17.8 Å². The molecule has 4 aromatic rings. The van der Waals surface area contributed by atoms with Gasteiger partial charge < -0.3 is 4.74 Å². The highest BCUT2D eigenvalue weighted by molar-refractivity contribution is 6.39. The van der Waals surface area contributed by atoms with E-state index in [1.165, 1.54) is 6.08 Å². The van der Waals surface area contributed by atoms with Crippen LogP contribution in [0.3, 0.4) is 0 Å². The fraction of sp³-hybridized carbons (Fsp3) is 0.0690. The van der Waals surface area contributed by atoms with Gasteiger partial charge in [-0.05, 0) is 48.0 Å². The minimum absolute atomic E-state index is 0.172. The number of urea groups is 1. The van der Waals surface area contributed by atoms with Crippen molar-refractivity contribution in [3.05, 3.63) is 112 Å². The second-order valence-electron chi connectivity index (χ2n) is 8.37. The third kappa shape index (κ3) is 4.46. The summed E-state index contributed by atoms with van der Waals surface area (Å²) in [7, 11) is 0. The number of amides is 4. The van der Waals surface area contributed by atoms with Crippen LogP contribution < -0.4 is 15.0 Å². The van der Waals surface area contributed by atoms with Crippen molar-refractivity contribution in [3.8, 4) is 5.75 Å². The predicted octanol–water partition coefficient (Wildman–Crippen LogP) is 6.05. The first-order valence-electron chi connectivity index (χ1n) is 11.3. The van der Waals surface area contributed by atoms with E-state index in [-0.39, 0.29) is 12.2 Å². The molecule has 1 aliphatic heterocycles. The molecule has 0 unspecified atom stereocenters. The maximum absolute atomic E-state index is 13.4. The molecule has 4 amide bonds. The average Bonchev–Trinajstić information content (AvgIpc) is 2.87. The molecule has 1 heterocycles. The normalized spacial score (nSPS) is 14.9. The molecule has 178 valence electrons. The van der Waals surface area contributed by atoms with Gasteiger partial charge in [0.15, 0.2) is 0 Å². The molecule has 0 spiro atoms. The Morgan fingerprint density at radius 2 is 1.61 bits per heavy atom. The zero-order valence-corrected chi connectivity index (χ0v) is 20.1. The van der Waals surface area contributed by atoms with Crippen LogP contribution in [0.25, 0.3) is 16.8 Å².